The Labute approximate surface area is 152 Å². The van der Waals surface area contributed by atoms with Crippen LogP contribution in [0.15, 0.2) is 17.6 Å². The first-order chi connectivity index (χ1) is 12.5. The van der Waals surface area contributed by atoms with E-state index in [2.05, 4.69) is 15.4 Å². The van der Waals surface area contributed by atoms with Crippen LogP contribution in [0.5, 0.6) is 0 Å². The van der Waals surface area contributed by atoms with E-state index >= 15 is 0 Å². The number of nitrogens with one attached hydrogen (secondary N) is 1. The van der Waals surface area contributed by atoms with Gasteiger partial charge in [0.2, 0.25) is 0 Å². The van der Waals surface area contributed by atoms with Crippen LogP contribution in [0.2, 0.25) is 0 Å². The molecule has 0 unspecified atom stereocenters. The third kappa shape index (κ3) is 3.49. The summed E-state index contributed by atoms with van der Waals surface area (Å²) in [6, 6.07) is 1.66. The maximum Gasteiger partial charge on any atom is 0.276 e. The number of hydrogen-bond acceptors (Lipinski definition) is 9. The minimum atomic E-state index is -1.49. The molecule has 0 radical (unpaired) electrons. The summed E-state index contributed by atoms with van der Waals surface area (Å²) >= 11 is 1.07. The molecule has 1 amide bonds. The highest BCUT2D eigenvalue weighted by atomic mass is 32.1. The van der Waals surface area contributed by atoms with Gasteiger partial charge in [-0.15, -0.1) is 11.3 Å². The van der Waals surface area contributed by atoms with Crippen molar-refractivity contribution in [2.45, 2.75) is 44.0 Å². The first kappa shape index (κ1) is 18.9. The van der Waals surface area contributed by atoms with Crippen LogP contribution in [0, 0.1) is 0 Å². The van der Waals surface area contributed by atoms with E-state index in [1.165, 1.54) is 5.38 Å². The average Bonchev–Trinajstić information content (AvgIpc) is 3.29. The lowest BCUT2D eigenvalue weighted by molar-refractivity contribution is -0.231. The van der Waals surface area contributed by atoms with Crippen LogP contribution >= 0.6 is 11.3 Å². The van der Waals surface area contributed by atoms with Gasteiger partial charge in [-0.25, -0.2) is 9.67 Å². The molecule has 1 fully saturated rings. The predicted octanol–water partition coefficient (Wildman–Crippen LogP) is -0.873. The summed E-state index contributed by atoms with van der Waals surface area (Å²) in [5.74, 6) is 0.0761. The van der Waals surface area contributed by atoms with Crippen LogP contribution < -0.4 is 5.32 Å². The molecule has 10 nitrogen and oxygen atoms in total. The smallest absolute Gasteiger partial charge is 0.276 e. The molecule has 142 valence electrons. The van der Waals surface area contributed by atoms with Gasteiger partial charge in [0.1, 0.15) is 47.0 Å². The molecule has 1 saturated heterocycles. The van der Waals surface area contributed by atoms with Crippen molar-refractivity contribution in [3.05, 3.63) is 28.3 Å². The van der Waals surface area contributed by atoms with Crippen LogP contribution in [0.3, 0.4) is 0 Å². The van der Waals surface area contributed by atoms with Crippen molar-refractivity contribution >= 4 is 23.1 Å². The summed E-state index contributed by atoms with van der Waals surface area (Å²) in [6.45, 7) is 1.96. The van der Waals surface area contributed by atoms with E-state index in [9.17, 15) is 25.2 Å². The van der Waals surface area contributed by atoms with Gasteiger partial charge < -0.3 is 30.5 Å². The van der Waals surface area contributed by atoms with Crippen molar-refractivity contribution in [1.29, 1.82) is 0 Å². The Kier molecular flexibility index (Phi) is 5.65. The highest BCUT2D eigenvalue weighted by molar-refractivity contribution is 7.09. The van der Waals surface area contributed by atoms with Crippen LogP contribution in [-0.2, 0) is 11.3 Å². The van der Waals surface area contributed by atoms with Gasteiger partial charge in [0.25, 0.3) is 5.91 Å². The Bertz CT molecular complexity index is 763. The topological polar surface area (TPSA) is 150 Å². The van der Waals surface area contributed by atoms with Crippen molar-refractivity contribution in [3.63, 3.8) is 0 Å². The molecule has 0 spiro atoms. The third-order valence-corrected chi connectivity index (χ3v) is 5.05. The normalized spacial score (nSPS) is 28.9. The van der Waals surface area contributed by atoms with Gasteiger partial charge in [0, 0.05) is 18.0 Å². The molecule has 26 heavy (non-hydrogen) atoms. The molecule has 2 aromatic rings. The summed E-state index contributed by atoms with van der Waals surface area (Å²) in [4.78, 5) is 16.5. The second-order valence-electron chi connectivity index (χ2n) is 5.81. The number of amides is 1. The molecule has 3 rings (SSSR count). The average molecular weight is 384 g/mol. The maximum atomic E-state index is 12.4. The number of hydrogen-bond donors (Lipinski definition) is 5. The van der Waals surface area contributed by atoms with Gasteiger partial charge in [-0.1, -0.05) is 0 Å². The number of aryl methyl sites for hydroxylation is 1. The molecule has 5 atom stereocenters. The second kappa shape index (κ2) is 7.78. The molecule has 2 aromatic heterocycles. The molecule has 5 N–H and O–H groups in total. The zero-order valence-corrected chi connectivity index (χ0v) is 14.7. The van der Waals surface area contributed by atoms with Crippen LogP contribution in [0.1, 0.15) is 28.5 Å². The minimum absolute atomic E-state index is 0.116. The number of carbonyl (C=O) groups is 1. The number of aliphatic hydroxyl groups excluding tert-OH is 4. The van der Waals surface area contributed by atoms with E-state index in [-0.39, 0.29) is 10.7 Å². The Balaban J connectivity index is 1.75. The number of aliphatic hydroxyl groups is 4. The largest absolute Gasteiger partial charge is 0.394 e. The molecule has 0 aliphatic carbocycles. The molecular weight excluding hydrogens is 364 g/mol. The van der Waals surface area contributed by atoms with E-state index in [1.807, 2.05) is 6.92 Å². The van der Waals surface area contributed by atoms with Gasteiger partial charge in [0.05, 0.1) is 12.8 Å². The minimum Gasteiger partial charge on any atom is -0.394 e. The Hall–Kier alpha value is -1.89. The van der Waals surface area contributed by atoms with Gasteiger partial charge in [0.15, 0.2) is 0 Å². The molecule has 0 bridgehead atoms. The molecule has 0 saturated carbocycles. The number of ether oxygens (including phenoxy) is 1. The maximum absolute atomic E-state index is 12.4. The fourth-order valence-electron chi connectivity index (χ4n) is 2.70. The number of nitrogens with zero attached hydrogens (tertiary/aromatic N) is 3. The summed E-state index contributed by atoms with van der Waals surface area (Å²) in [5.41, 5.74) is 0.116. The lowest BCUT2D eigenvalue weighted by Gasteiger charge is -2.39. The summed E-state index contributed by atoms with van der Waals surface area (Å²) in [7, 11) is 0. The highest BCUT2D eigenvalue weighted by Gasteiger charge is 2.45. The summed E-state index contributed by atoms with van der Waals surface area (Å²) in [5, 5.41) is 47.6. The SMILES string of the molecule is CCn1nccc1NC(=O)c1csc([C@@H]2O[C@H](CO)[C@H](O)[C@H](O)[C@H]2O)n1. The molecule has 11 heteroatoms. The monoisotopic (exact) mass is 384 g/mol. The number of carbonyl (C=O) groups excluding carboxylic acids is 1. The lowest BCUT2D eigenvalue weighted by Crippen LogP contribution is -2.55. The molecule has 0 aromatic carbocycles. The van der Waals surface area contributed by atoms with Crippen molar-refractivity contribution < 1.29 is 30.0 Å². The Morgan fingerprint density at radius 3 is 2.81 bits per heavy atom. The van der Waals surface area contributed by atoms with E-state index in [1.54, 1.807) is 16.9 Å². The molecule has 3 heterocycles. The first-order valence-corrected chi connectivity index (χ1v) is 8.93. The van der Waals surface area contributed by atoms with Crippen molar-refractivity contribution in [2.24, 2.45) is 0 Å². The fraction of sp³-hybridized carbons (Fsp3) is 0.533. The van der Waals surface area contributed by atoms with E-state index in [0.717, 1.165) is 11.3 Å². The van der Waals surface area contributed by atoms with Crippen molar-refractivity contribution in [2.75, 3.05) is 11.9 Å². The van der Waals surface area contributed by atoms with Crippen LogP contribution in [0.25, 0.3) is 0 Å². The van der Waals surface area contributed by atoms with Crippen LogP contribution in [-0.4, -0.2) is 72.1 Å². The zero-order valence-electron chi connectivity index (χ0n) is 13.9. The van der Waals surface area contributed by atoms with Gasteiger partial charge in [-0.05, 0) is 6.92 Å². The first-order valence-electron chi connectivity index (χ1n) is 8.05. The summed E-state index contributed by atoms with van der Waals surface area (Å²) < 4.78 is 7.06. The fourth-order valence-corrected chi connectivity index (χ4v) is 3.57. The van der Waals surface area contributed by atoms with Crippen LogP contribution in [0.4, 0.5) is 5.82 Å². The summed E-state index contributed by atoms with van der Waals surface area (Å²) in [6.07, 6.45) is -4.89. The highest BCUT2D eigenvalue weighted by Crippen LogP contribution is 2.34. The van der Waals surface area contributed by atoms with Gasteiger partial charge in [-0.3, -0.25) is 4.79 Å². The molecule has 1 aliphatic rings. The second-order valence-corrected chi connectivity index (χ2v) is 6.70. The standard InChI is InChI=1S/C15H20N4O6S/c1-2-19-9(3-4-16-19)18-14(24)7-6-26-15(17-7)13-12(23)11(22)10(21)8(5-20)25-13/h3-4,6,8,10-13,20-23H,2,5H2,1H3,(H,18,24)/t8-,10+,11+,12-,13-/m1/s1. The lowest BCUT2D eigenvalue weighted by atomic mass is 9.95. The van der Waals surface area contributed by atoms with Gasteiger partial charge in [-0.2, -0.15) is 5.10 Å². The quantitative estimate of drug-likeness (QED) is 0.446. The van der Waals surface area contributed by atoms with E-state index in [0.29, 0.717) is 12.4 Å². The van der Waals surface area contributed by atoms with Crippen molar-refractivity contribution in [3.8, 4) is 0 Å². The zero-order chi connectivity index (χ0) is 18.8. The molecular formula is C15H20N4O6S. The number of thiazole rings is 1. The van der Waals surface area contributed by atoms with E-state index < -0.39 is 43.0 Å². The Morgan fingerprint density at radius 2 is 2.12 bits per heavy atom. The number of anilines is 1. The molecule has 1 aliphatic heterocycles. The van der Waals surface area contributed by atoms with Gasteiger partial charge >= 0.3 is 0 Å². The third-order valence-electron chi connectivity index (χ3n) is 4.15. The predicted molar refractivity (Wildman–Crippen MR) is 90.7 cm³/mol. The van der Waals surface area contributed by atoms with E-state index in [4.69, 9.17) is 4.74 Å². The number of aromatic nitrogens is 3. The Morgan fingerprint density at radius 1 is 1.35 bits per heavy atom. The van der Waals surface area contributed by atoms with Crippen molar-refractivity contribution in [1.82, 2.24) is 14.8 Å². The number of rotatable bonds is 5.